The van der Waals surface area contributed by atoms with Crippen molar-refractivity contribution in [2.75, 3.05) is 27.3 Å². The average Bonchev–Trinajstić information content (AvgIpc) is 2.63. The van der Waals surface area contributed by atoms with Gasteiger partial charge in [0.15, 0.2) is 11.5 Å². The molecule has 0 saturated carbocycles. The van der Waals surface area contributed by atoms with Crippen molar-refractivity contribution in [1.82, 2.24) is 10.6 Å². The van der Waals surface area contributed by atoms with Crippen LogP contribution >= 0.6 is 11.6 Å². The van der Waals surface area contributed by atoms with Gasteiger partial charge >= 0.3 is 0 Å². The van der Waals surface area contributed by atoms with Crippen LogP contribution in [0.3, 0.4) is 0 Å². The van der Waals surface area contributed by atoms with Gasteiger partial charge in [-0.25, -0.2) is 0 Å². The fourth-order valence-electron chi connectivity index (χ4n) is 2.37. The Hall–Kier alpha value is -2.24. The van der Waals surface area contributed by atoms with Crippen LogP contribution in [0.4, 0.5) is 0 Å². The highest BCUT2D eigenvalue weighted by atomic mass is 35.5. The maximum absolute atomic E-state index is 11.9. The quantitative estimate of drug-likeness (QED) is 0.720. The van der Waals surface area contributed by atoms with E-state index in [1.807, 2.05) is 42.5 Å². The van der Waals surface area contributed by atoms with Crippen LogP contribution in [-0.2, 0) is 17.8 Å². The molecule has 2 N–H and O–H groups in total. The third kappa shape index (κ3) is 6.29. The Bertz CT molecular complexity index is 690. The molecule has 0 atom stereocenters. The maximum atomic E-state index is 11.9. The molecule has 0 aliphatic heterocycles. The first-order valence-electron chi connectivity index (χ1n) is 8.05. The minimum Gasteiger partial charge on any atom is -0.493 e. The molecule has 2 rings (SSSR count). The molecule has 0 unspecified atom stereocenters. The number of rotatable bonds is 9. The van der Waals surface area contributed by atoms with E-state index < -0.39 is 0 Å². The van der Waals surface area contributed by atoms with Crippen molar-refractivity contribution in [3.8, 4) is 11.5 Å². The Morgan fingerprint density at radius 2 is 1.68 bits per heavy atom. The highest BCUT2D eigenvalue weighted by molar-refractivity contribution is 6.30. The molecule has 5 nitrogen and oxygen atoms in total. The molecule has 25 heavy (non-hydrogen) atoms. The summed E-state index contributed by atoms with van der Waals surface area (Å²) in [5.74, 6) is 1.35. The van der Waals surface area contributed by atoms with E-state index in [9.17, 15) is 4.79 Å². The van der Waals surface area contributed by atoms with Gasteiger partial charge in [-0.3, -0.25) is 4.79 Å². The molecule has 0 spiro atoms. The van der Waals surface area contributed by atoms with Crippen LogP contribution < -0.4 is 20.1 Å². The molecule has 0 aromatic heterocycles. The molecule has 134 valence electrons. The first-order chi connectivity index (χ1) is 12.1. The molecule has 0 aliphatic carbocycles. The van der Waals surface area contributed by atoms with E-state index in [-0.39, 0.29) is 12.5 Å². The first kappa shape index (κ1) is 19.1. The van der Waals surface area contributed by atoms with Crippen molar-refractivity contribution in [3.05, 3.63) is 58.6 Å². The average molecular weight is 363 g/mol. The minimum absolute atomic E-state index is 0.0329. The summed E-state index contributed by atoms with van der Waals surface area (Å²) >= 11 is 5.84. The third-order valence-electron chi connectivity index (χ3n) is 3.71. The molecular weight excluding hydrogens is 340 g/mol. The van der Waals surface area contributed by atoms with Gasteiger partial charge in [-0.15, -0.1) is 0 Å². The van der Waals surface area contributed by atoms with E-state index in [1.54, 1.807) is 14.2 Å². The summed E-state index contributed by atoms with van der Waals surface area (Å²) in [7, 11) is 3.21. The molecule has 0 bridgehead atoms. The number of hydrogen-bond donors (Lipinski definition) is 2. The summed E-state index contributed by atoms with van der Waals surface area (Å²) in [6, 6.07) is 13.3. The zero-order valence-corrected chi connectivity index (χ0v) is 15.2. The largest absolute Gasteiger partial charge is 0.493 e. The summed E-state index contributed by atoms with van der Waals surface area (Å²) in [6.45, 7) is 1.46. The van der Waals surface area contributed by atoms with Gasteiger partial charge in [0.05, 0.1) is 20.8 Å². The number of benzene rings is 2. The van der Waals surface area contributed by atoms with Crippen molar-refractivity contribution in [2.45, 2.75) is 13.0 Å². The number of nitrogens with one attached hydrogen (secondary N) is 2. The smallest absolute Gasteiger partial charge is 0.233 e. The Balaban J connectivity index is 1.69. The molecule has 0 aliphatic rings. The predicted octanol–water partition coefficient (Wildman–Crippen LogP) is 2.81. The van der Waals surface area contributed by atoms with Crippen LogP contribution in [0.1, 0.15) is 11.1 Å². The molecule has 0 heterocycles. The monoisotopic (exact) mass is 362 g/mol. The molecule has 0 fully saturated rings. The molecule has 1 amide bonds. The molecule has 6 heteroatoms. The van der Waals surface area contributed by atoms with Crippen LogP contribution in [0.15, 0.2) is 42.5 Å². The summed E-state index contributed by atoms with van der Waals surface area (Å²) in [5.41, 5.74) is 2.16. The number of halogens is 1. The molecule has 2 aromatic carbocycles. The highest BCUT2D eigenvalue weighted by Gasteiger charge is 2.05. The van der Waals surface area contributed by atoms with E-state index >= 15 is 0 Å². The lowest BCUT2D eigenvalue weighted by atomic mass is 10.1. The van der Waals surface area contributed by atoms with Crippen molar-refractivity contribution in [3.63, 3.8) is 0 Å². The van der Waals surface area contributed by atoms with Gasteiger partial charge in [0.2, 0.25) is 5.91 Å². The second-order valence-electron chi connectivity index (χ2n) is 5.52. The minimum atomic E-state index is -0.0329. The zero-order chi connectivity index (χ0) is 18.1. The summed E-state index contributed by atoms with van der Waals surface area (Å²) in [5, 5.41) is 6.71. The summed E-state index contributed by atoms with van der Waals surface area (Å²) in [6.07, 6.45) is 0.725. The number of methoxy groups -OCH3 is 2. The fourth-order valence-corrected chi connectivity index (χ4v) is 2.49. The van der Waals surface area contributed by atoms with E-state index in [0.29, 0.717) is 29.6 Å². The lowest BCUT2D eigenvalue weighted by molar-refractivity contribution is -0.120. The van der Waals surface area contributed by atoms with Crippen molar-refractivity contribution in [1.29, 1.82) is 0 Å². The van der Waals surface area contributed by atoms with Crippen LogP contribution in [0, 0.1) is 0 Å². The summed E-state index contributed by atoms with van der Waals surface area (Å²) < 4.78 is 10.5. The van der Waals surface area contributed by atoms with Gasteiger partial charge in [0.1, 0.15) is 0 Å². The standard InChI is InChI=1S/C19H23ClN2O3/c1-24-17-8-5-14(11-18(17)25-2)9-10-22-19(23)13-21-12-15-3-6-16(20)7-4-15/h3-8,11,21H,9-10,12-13H2,1-2H3,(H,22,23). The van der Waals surface area contributed by atoms with Crippen LogP contribution in [-0.4, -0.2) is 33.2 Å². The Morgan fingerprint density at radius 1 is 1.00 bits per heavy atom. The molecule has 0 radical (unpaired) electrons. The zero-order valence-electron chi connectivity index (χ0n) is 14.5. The lowest BCUT2D eigenvalue weighted by Gasteiger charge is -2.10. The number of ether oxygens (including phenoxy) is 2. The third-order valence-corrected chi connectivity index (χ3v) is 3.96. The predicted molar refractivity (Wildman–Crippen MR) is 99.4 cm³/mol. The number of carbonyl (C=O) groups excluding carboxylic acids is 1. The van der Waals surface area contributed by atoms with E-state index in [1.165, 1.54) is 0 Å². The molecule has 2 aromatic rings. The van der Waals surface area contributed by atoms with Crippen LogP contribution in [0.5, 0.6) is 11.5 Å². The fraction of sp³-hybridized carbons (Fsp3) is 0.316. The van der Waals surface area contributed by atoms with E-state index in [4.69, 9.17) is 21.1 Å². The van der Waals surface area contributed by atoms with Gasteiger partial charge in [0.25, 0.3) is 0 Å². The summed E-state index contributed by atoms with van der Waals surface area (Å²) in [4.78, 5) is 11.9. The Morgan fingerprint density at radius 3 is 2.36 bits per heavy atom. The second-order valence-corrected chi connectivity index (χ2v) is 5.96. The van der Waals surface area contributed by atoms with Crippen LogP contribution in [0.25, 0.3) is 0 Å². The van der Waals surface area contributed by atoms with Gasteiger partial charge in [-0.05, 0) is 41.8 Å². The normalized spacial score (nSPS) is 10.4. The van der Waals surface area contributed by atoms with E-state index in [0.717, 1.165) is 17.5 Å². The maximum Gasteiger partial charge on any atom is 0.233 e. The van der Waals surface area contributed by atoms with Gasteiger partial charge in [-0.2, -0.15) is 0 Å². The van der Waals surface area contributed by atoms with Crippen LogP contribution in [0.2, 0.25) is 5.02 Å². The van der Waals surface area contributed by atoms with Gasteiger partial charge in [0, 0.05) is 18.1 Å². The Kier molecular flexibility index (Phi) is 7.57. The molecular formula is C19H23ClN2O3. The highest BCUT2D eigenvalue weighted by Crippen LogP contribution is 2.27. The number of carbonyl (C=O) groups is 1. The van der Waals surface area contributed by atoms with Gasteiger partial charge in [-0.1, -0.05) is 29.8 Å². The van der Waals surface area contributed by atoms with E-state index in [2.05, 4.69) is 10.6 Å². The van der Waals surface area contributed by atoms with Crippen molar-refractivity contribution in [2.24, 2.45) is 0 Å². The second kappa shape index (κ2) is 9.91. The molecule has 0 saturated heterocycles. The van der Waals surface area contributed by atoms with Crippen molar-refractivity contribution < 1.29 is 14.3 Å². The lowest BCUT2D eigenvalue weighted by Crippen LogP contribution is -2.34. The number of amides is 1. The number of hydrogen-bond acceptors (Lipinski definition) is 4. The SMILES string of the molecule is COc1ccc(CCNC(=O)CNCc2ccc(Cl)cc2)cc1OC. The van der Waals surface area contributed by atoms with Crippen molar-refractivity contribution >= 4 is 17.5 Å². The topological polar surface area (TPSA) is 59.6 Å². The Labute approximate surface area is 153 Å². The van der Waals surface area contributed by atoms with Gasteiger partial charge < -0.3 is 20.1 Å². The first-order valence-corrected chi connectivity index (χ1v) is 8.43.